The monoisotopic (exact) mass is 614 g/mol. The van der Waals surface area contributed by atoms with E-state index in [4.69, 9.17) is 4.74 Å². The minimum atomic E-state index is -4.33. The van der Waals surface area contributed by atoms with Crippen molar-refractivity contribution >= 4 is 34.8 Å². The van der Waals surface area contributed by atoms with Gasteiger partial charge in [0, 0.05) is 62.3 Å². The minimum absolute atomic E-state index is 0.0285. The first-order valence-electron chi connectivity index (χ1n) is 13.9. The van der Waals surface area contributed by atoms with Gasteiger partial charge in [0.15, 0.2) is 0 Å². The minimum Gasteiger partial charge on any atom is -0.495 e. The molecule has 0 saturated heterocycles. The third-order valence-corrected chi connectivity index (χ3v) is 8.50. The van der Waals surface area contributed by atoms with Crippen LogP contribution >= 0.6 is 11.3 Å². The third kappa shape index (κ3) is 8.64. The molecule has 1 aromatic carbocycles. The predicted molar refractivity (Wildman–Crippen MR) is 166 cm³/mol. The average Bonchev–Trinajstić information content (AvgIpc) is 3.39. The van der Waals surface area contributed by atoms with Gasteiger partial charge in [-0.3, -0.25) is 19.8 Å². The van der Waals surface area contributed by atoms with Crippen molar-refractivity contribution in [1.82, 2.24) is 20.5 Å². The van der Waals surface area contributed by atoms with Gasteiger partial charge >= 0.3 is 6.18 Å². The lowest BCUT2D eigenvalue weighted by Crippen LogP contribution is -2.49. The van der Waals surface area contributed by atoms with Crippen molar-refractivity contribution in [3.05, 3.63) is 64.8 Å². The van der Waals surface area contributed by atoms with Gasteiger partial charge in [-0.25, -0.2) is 0 Å². The van der Waals surface area contributed by atoms with E-state index in [-0.39, 0.29) is 28.8 Å². The Kier molecular flexibility index (Phi) is 10.6. The Hall–Kier alpha value is -3.77. The van der Waals surface area contributed by atoms with E-state index < -0.39 is 12.6 Å². The van der Waals surface area contributed by atoms with Gasteiger partial charge in [0.2, 0.25) is 5.91 Å². The molecule has 3 aromatic rings. The summed E-state index contributed by atoms with van der Waals surface area (Å²) in [6.45, 7) is 4.16. The van der Waals surface area contributed by atoms with Crippen molar-refractivity contribution < 1.29 is 22.7 Å². The Labute approximate surface area is 254 Å². The Morgan fingerprint density at radius 1 is 1.12 bits per heavy atom. The van der Waals surface area contributed by atoms with Crippen LogP contribution in [0.25, 0.3) is 11.1 Å². The highest BCUT2D eigenvalue weighted by Crippen LogP contribution is 2.35. The van der Waals surface area contributed by atoms with E-state index in [1.807, 2.05) is 18.2 Å². The number of hydrogen-bond donors (Lipinski definition) is 2. The SMILES string of the molecule is C=Nc1sc(CC(F)(F)F)cc1/C(=N\C)N[C@H]1C[C@@H](NCc2ccc(-c3cncc(OC)c3)cc2)C[C@@H](C(=O)N(C)C)C1. The number of halogens is 3. The van der Waals surface area contributed by atoms with Gasteiger partial charge in [-0.1, -0.05) is 24.3 Å². The number of aromatic nitrogens is 1. The van der Waals surface area contributed by atoms with Crippen LogP contribution in [0.5, 0.6) is 5.75 Å². The standard InChI is InChI=1S/C31H37F3N6O2S/c1-35-28(27-14-26(15-31(32,33)34)43-29(27)36-2)39-24-11-21(30(41)40(3)4)10-23(13-24)38-16-19-6-8-20(9-7-19)22-12-25(42-5)18-37-17-22/h6-9,12,14,17-18,21,23-24,38H,2,10-11,13,15-16H2,1,3-5H3,(H,35,39)/t21-,23+,24-/m1/s1. The number of carbonyl (C=O) groups excluding carboxylic acids is 1. The molecule has 230 valence electrons. The number of alkyl halides is 3. The molecule has 0 aliphatic heterocycles. The third-order valence-electron chi connectivity index (χ3n) is 7.43. The molecule has 1 aliphatic rings. The van der Waals surface area contributed by atoms with Crippen molar-refractivity contribution in [3.63, 3.8) is 0 Å². The molecule has 0 spiro atoms. The number of amidine groups is 1. The van der Waals surface area contributed by atoms with E-state index >= 15 is 0 Å². The number of nitrogens with one attached hydrogen (secondary N) is 2. The number of benzene rings is 1. The first-order chi connectivity index (χ1) is 20.5. The highest BCUT2D eigenvalue weighted by molar-refractivity contribution is 7.16. The van der Waals surface area contributed by atoms with E-state index in [1.54, 1.807) is 45.5 Å². The summed E-state index contributed by atoms with van der Waals surface area (Å²) in [4.78, 5) is 27.3. The summed E-state index contributed by atoms with van der Waals surface area (Å²) >= 11 is 0.956. The largest absolute Gasteiger partial charge is 0.495 e. The maximum atomic E-state index is 13.1. The molecular formula is C31H37F3N6O2S. The first kappa shape index (κ1) is 32.2. The van der Waals surface area contributed by atoms with Crippen LogP contribution in [-0.4, -0.2) is 74.9 Å². The van der Waals surface area contributed by atoms with Crippen LogP contribution in [0.2, 0.25) is 0 Å². The topological polar surface area (TPSA) is 91.2 Å². The fraction of sp³-hybridized carbons (Fsp3) is 0.419. The number of amides is 1. The van der Waals surface area contributed by atoms with Crippen LogP contribution in [0.15, 0.2) is 58.8 Å². The van der Waals surface area contributed by atoms with E-state index in [9.17, 15) is 18.0 Å². The Morgan fingerprint density at radius 2 is 1.84 bits per heavy atom. The molecule has 8 nitrogen and oxygen atoms in total. The van der Waals surface area contributed by atoms with Crippen LogP contribution in [0, 0.1) is 5.92 Å². The number of nitrogens with zero attached hydrogens (tertiary/aromatic N) is 4. The van der Waals surface area contributed by atoms with Crippen LogP contribution in [-0.2, 0) is 17.8 Å². The smallest absolute Gasteiger partial charge is 0.393 e. The van der Waals surface area contributed by atoms with Crippen molar-refractivity contribution in [3.8, 4) is 16.9 Å². The summed E-state index contributed by atoms with van der Waals surface area (Å²) in [6, 6.07) is 11.5. The predicted octanol–water partition coefficient (Wildman–Crippen LogP) is 5.64. The van der Waals surface area contributed by atoms with Crippen LogP contribution in [0.4, 0.5) is 18.2 Å². The summed E-state index contributed by atoms with van der Waals surface area (Å²) in [6.07, 6.45) is 0.0547. The molecule has 1 aliphatic carbocycles. The van der Waals surface area contributed by atoms with Gasteiger partial charge in [-0.2, -0.15) is 13.2 Å². The van der Waals surface area contributed by atoms with Crippen LogP contribution < -0.4 is 15.4 Å². The zero-order valence-electron chi connectivity index (χ0n) is 24.7. The summed E-state index contributed by atoms with van der Waals surface area (Å²) in [5, 5.41) is 7.42. The normalized spacial score (nSPS) is 19.1. The number of methoxy groups -OCH3 is 1. The van der Waals surface area contributed by atoms with Gasteiger partial charge < -0.3 is 20.3 Å². The maximum absolute atomic E-state index is 13.1. The number of rotatable bonds is 10. The van der Waals surface area contributed by atoms with E-state index in [0.29, 0.717) is 48.0 Å². The second kappa shape index (κ2) is 14.1. The molecule has 3 atom stereocenters. The lowest BCUT2D eigenvalue weighted by atomic mass is 9.81. The molecule has 12 heteroatoms. The lowest BCUT2D eigenvalue weighted by Gasteiger charge is -2.36. The van der Waals surface area contributed by atoms with Gasteiger partial charge in [-0.15, -0.1) is 11.3 Å². The molecule has 1 saturated carbocycles. The zero-order valence-corrected chi connectivity index (χ0v) is 25.6. The van der Waals surface area contributed by atoms with Gasteiger partial charge in [0.25, 0.3) is 0 Å². The number of ether oxygens (including phenoxy) is 1. The molecule has 4 rings (SSSR count). The molecule has 43 heavy (non-hydrogen) atoms. The highest BCUT2D eigenvalue weighted by atomic mass is 32.1. The van der Waals surface area contributed by atoms with Crippen LogP contribution in [0.1, 0.15) is 35.3 Å². The number of aliphatic imine (C=N–C) groups is 2. The van der Waals surface area contributed by atoms with E-state index in [1.165, 1.54) is 6.07 Å². The second-order valence-electron chi connectivity index (χ2n) is 10.8. The van der Waals surface area contributed by atoms with Crippen molar-refractivity contribution in [2.45, 2.75) is 50.5 Å². The number of pyridine rings is 1. The average molecular weight is 615 g/mol. The van der Waals surface area contributed by atoms with Gasteiger partial charge in [0.1, 0.15) is 16.6 Å². The molecule has 0 radical (unpaired) electrons. The number of carbonyl (C=O) groups is 1. The molecule has 0 unspecified atom stereocenters. The van der Waals surface area contributed by atoms with E-state index in [2.05, 4.69) is 44.5 Å². The zero-order chi connectivity index (χ0) is 31.1. The first-order valence-corrected chi connectivity index (χ1v) is 14.7. The van der Waals surface area contributed by atoms with Crippen molar-refractivity contribution in [2.24, 2.45) is 15.9 Å². The fourth-order valence-electron chi connectivity index (χ4n) is 5.40. The molecule has 2 N–H and O–H groups in total. The Balaban J connectivity index is 1.47. The summed E-state index contributed by atoms with van der Waals surface area (Å²) in [5.74, 6) is 0.956. The Bertz CT molecular complexity index is 1440. The summed E-state index contributed by atoms with van der Waals surface area (Å²) < 4.78 is 44.4. The molecule has 0 bridgehead atoms. The Morgan fingerprint density at radius 3 is 2.47 bits per heavy atom. The summed E-state index contributed by atoms with van der Waals surface area (Å²) in [5.41, 5.74) is 3.57. The lowest BCUT2D eigenvalue weighted by molar-refractivity contribution is -0.134. The maximum Gasteiger partial charge on any atom is 0.393 e. The van der Waals surface area contributed by atoms with Crippen molar-refractivity contribution in [2.75, 3.05) is 28.3 Å². The number of hydrogen-bond acceptors (Lipinski definition) is 7. The van der Waals surface area contributed by atoms with Crippen LogP contribution in [0.3, 0.4) is 0 Å². The molecule has 1 amide bonds. The van der Waals surface area contributed by atoms with Gasteiger partial charge in [0.05, 0.1) is 25.3 Å². The van der Waals surface area contributed by atoms with Crippen molar-refractivity contribution in [1.29, 1.82) is 0 Å². The number of thiophene rings is 1. The second-order valence-corrected chi connectivity index (χ2v) is 11.9. The van der Waals surface area contributed by atoms with Gasteiger partial charge in [-0.05, 0) is 49.2 Å². The quantitative estimate of drug-likeness (QED) is 0.228. The molecule has 2 heterocycles. The molecule has 2 aromatic heterocycles. The van der Waals surface area contributed by atoms with E-state index in [0.717, 1.165) is 28.0 Å². The summed E-state index contributed by atoms with van der Waals surface area (Å²) in [7, 11) is 6.69. The highest BCUT2D eigenvalue weighted by Gasteiger charge is 2.35. The fourth-order valence-corrected chi connectivity index (χ4v) is 6.39. The molecule has 1 fully saturated rings. The molecular weight excluding hydrogens is 577 g/mol.